The Balaban J connectivity index is 0. The van der Waals surface area contributed by atoms with Crippen LogP contribution in [0.3, 0.4) is 0 Å². The van der Waals surface area contributed by atoms with Gasteiger partial charge in [0.25, 0.3) is 0 Å². The van der Waals surface area contributed by atoms with E-state index in [1.807, 2.05) is 0 Å². The highest BCUT2D eigenvalue weighted by Gasteiger charge is 2.27. The van der Waals surface area contributed by atoms with E-state index in [4.69, 9.17) is 30.6 Å². The summed E-state index contributed by atoms with van der Waals surface area (Å²) in [7, 11) is -10.1. The zero-order valence-electron chi connectivity index (χ0n) is 5.25. The van der Waals surface area contributed by atoms with Gasteiger partial charge in [-0.05, 0) is 0 Å². The van der Waals surface area contributed by atoms with E-state index < -0.39 is 15.6 Å². The van der Waals surface area contributed by atoms with Crippen LogP contribution in [0.1, 0.15) is 0 Å². The van der Waals surface area contributed by atoms with E-state index in [1.165, 1.54) is 4.91 Å². The Labute approximate surface area is 65.7 Å². The van der Waals surface area contributed by atoms with Gasteiger partial charge in [0.1, 0.15) is 0 Å². The van der Waals surface area contributed by atoms with Crippen LogP contribution in [0.25, 0.3) is 16.0 Å². The summed E-state index contributed by atoms with van der Waals surface area (Å²) in [6, 6.07) is 0. The van der Waals surface area contributed by atoms with Crippen molar-refractivity contribution in [1.29, 1.82) is 0 Å². The molecule has 0 atom stereocenters. The van der Waals surface area contributed by atoms with E-state index in [9.17, 15) is 9.13 Å². The minimum absolute atomic E-state index is 1.50. The molecule has 0 aliphatic heterocycles. The second-order valence-electron chi connectivity index (χ2n) is 1.15. The van der Waals surface area contributed by atoms with Crippen molar-refractivity contribution in [3.8, 4) is 0 Å². The van der Waals surface area contributed by atoms with E-state index in [1.54, 1.807) is 0 Å². The third-order valence-electron chi connectivity index (χ3n) is 0.213. The largest absolute Gasteiger partial charge is 0.478 e. The molecule has 0 spiro atoms. The van der Waals surface area contributed by atoms with Crippen LogP contribution in [0, 0.1) is 0 Å². The first-order valence-corrected chi connectivity index (χ1v) is 4.99. The minimum Gasteiger partial charge on any atom is -0.373 e. The average Bonchev–Trinajstić information content (AvgIpc) is 1.53. The molecule has 0 heterocycles. The molecule has 0 aliphatic carbocycles. The van der Waals surface area contributed by atoms with E-state index in [2.05, 4.69) is 4.31 Å². The standard InChI is InChI=1S/N3.H4O7P2/c1-3-2;1-8(2,3)7-9(4,5)6/h;(H2,1,2,3)(H2,4,5,6)/q-1;. The zero-order chi connectivity index (χ0) is 10.4. The molecule has 0 aliphatic rings. The summed E-state index contributed by atoms with van der Waals surface area (Å²) in [5.74, 6) is 0. The molecule has 0 saturated carbocycles. The highest BCUT2D eigenvalue weighted by molar-refractivity contribution is 7.60. The van der Waals surface area contributed by atoms with Crippen LogP contribution in [0.5, 0.6) is 0 Å². The monoisotopic (exact) mass is 220 g/mol. The molecule has 0 saturated heterocycles. The van der Waals surface area contributed by atoms with Gasteiger partial charge in [-0.3, -0.25) is 4.91 Å². The number of nitrogens with zero attached hydrogens (tertiary/aromatic N) is 3. The van der Waals surface area contributed by atoms with Crippen LogP contribution in [0.4, 0.5) is 0 Å². The summed E-state index contributed by atoms with van der Waals surface area (Å²) < 4.78 is 22.2. The van der Waals surface area contributed by atoms with Crippen LogP contribution in [0.2, 0.25) is 0 Å². The predicted octanol–water partition coefficient (Wildman–Crippen LogP) is 0.0545. The molecule has 0 fully saturated rings. The van der Waals surface area contributed by atoms with Crippen molar-refractivity contribution >= 4 is 15.6 Å². The molecule has 0 amide bonds. The summed E-state index contributed by atoms with van der Waals surface area (Å²) in [5.41, 5.74) is 13.5. The van der Waals surface area contributed by atoms with Gasteiger partial charge in [-0.2, -0.15) is 4.31 Å². The molecule has 4 N–H and O–H groups in total. The van der Waals surface area contributed by atoms with Gasteiger partial charge in [0, 0.05) is 0 Å². The number of hydrogen-bond acceptors (Lipinski definition) is 3. The molecular formula is H4N3O7P2-. The van der Waals surface area contributed by atoms with Gasteiger partial charge in [0.2, 0.25) is 0 Å². The molecule has 0 rings (SSSR count). The van der Waals surface area contributed by atoms with Crippen molar-refractivity contribution in [3.63, 3.8) is 0 Å². The Bertz CT molecular complexity index is 219. The van der Waals surface area contributed by atoms with Gasteiger partial charge < -0.3 is 30.6 Å². The second kappa shape index (κ2) is 5.26. The van der Waals surface area contributed by atoms with Crippen molar-refractivity contribution in [1.82, 2.24) is 0 Å². The average molecular weight is 220 g/mol. The quantitative estimate of drug-likeness (QED) is 0.219. The lowest BCUT2D eigenvalue weighted by Crippen LogP contribution is -1.84. The Hall–Kier alpha value is -0.430. The fourth-order valence-electron chi connectivity index (χ4n) is 0.139. The Morgan fingerprint density at radius 3 is 1.17 bits per heavy atom. The molecule has 10 nitrogen and oxygen atoms in total. The van der Waals surface area contributed by atoms with Gasteiger partial charge in [-0.25, -0.2) is 9.13 Å². The lowest BCUT2D eigenvalue weighted by molar-refractivity contribution is 0.225. The third kappa shape index (κ3) is 22.7. The van der Waals surface area contributed by atoms with Gasteiger partial charge in [-0.1, -0.05) is 0 Å². The molecule has 12 heavy (non-hydrogen) atoms. The molecule has 0 radical (unpaired) electrons. The molecule has 0 unspecified atom stereocenters. The third-order valence-corrected chi connectivity index (χ3v) is 1.91. The first-order chi connectivity index (χ1) is 5.12. The molecule has 0 aromatic rings. The highest BCUT2D eigenvalue weighted by atomic mass is 31.3. The first kappa shape index (κ1) is 14.1. The van der Waals surface area contributed by atoms with Crippen LogP contribution in [-0.2, 0) is 13.4 Å². The van der Waals surface area contributed by atoms with Crippen molar-refractivity contribution in [2.24, 2.45) is 0 Å². The molecule has 0 aromatic heterocycles. The maximum atomic E-state index is 9.63. The summed E-state index contributed by atoms with van der Waals surface area (Å²) in [5, 5.41) is 0. The fraction of sp³-hybridized carbons (Fsp3) is 0. The lowest BCUT2D eigenvalue weighted by atomic mass is 13.0. The highest BCUT2D eigenvalue weighted by Crippen LogP contribution is 2.53. The first-order valence-electron chi connectivity index (χ1n) is 1.93. The Kier molecular flexibility index (Phi) is 6.18. The Morgan fingerprint density at radius 2 is 1.17 bits per heavy atom. The van der Waals surface area contributed by atoms with Crippen molar-refractivity contribution in [2.75, 3.05) is 0 Å². The maximum Gasteiger partial charge on any atom is 0.478 e. The topological polar surface area (TPSA) is 183 Å². The molecular weight excluding hydrogens is 216 g/mol. The smallest absolute Gasteiger partial charge is 0.373 e. The van der Waals surface area contributed by atoms with Crippen LogP contribution in [-0.4, -0.2) is 19.6 Å². The summed E-state index contributed by atoms with van der Waals surface area (Å²) in [6.07, 6.45) is 0. The van der Waals surface area contributed by atoms with E-state index in [-0.39, 0.29) is 0 Å². The zero-order valence-corrected chi connectivity index (χ0v) is 7.04. The van der Waals surface area contributed by atoms with E-state index in [0.29, 0.717) is 0 Å². The van der Waals surface area contributed by atoms with Crippen LogP contribution >= 0.6 is 15.6 Å². The minimum atomic E-state index is -5.05. The summed E-state index contributed by atoms with van der Waals surface area (Å²) in [4.78, 5) is 32.5. The number of rotatable bonds is 2. The van der Waals surface area contributed by atoms with E-state index in [0.717, 1.165) is 0 Å². The normalized spacial score (nSPS) is 11.0. The van der Waals surface area contributed by atoms with Gasteiger partial charge in [0.05, 0.1) is 0 Å². The molecule has 72 valence electrons. The number of phosphoric acid groups is 2. The van der Waals surface area contributed by atoms with Crippen LogP contribution in [0.15, 0.2) is 0 Å². The van der Waals surface area contributed by atoms with Gasteiger partial charge in [-0.15, -0.1) is 0 Å². The van der Waals surface area contributed by atoms with Gasteiger partial charge in [0.15, 0.2) is 0 Å². The predicted molar refractivity (Wildman–Crippen MR) is 35.3 cm³/mol. The summed E-state index contributed by atoms with van der Waals surface area (Å²) in [6.45, 7) is 0. The fourth-order valence-corrected chi connectivity index (χ4v) is 1.25. The molecule has 12 heteroatoms. The lowest BCUT2D eigenvalue weighted by Gasteiger charge is -2.03. The second-order valence-corrected chi connectivity index (χ2v) is 3.77. The van der Waals surface area contributed by atoms with Crippen molar-refractivity contribution in [2.45, 2.75) is 0 Å². The SMILES string of the molecule is O=P(O)(O)OP(=O)(O)O.[N-]=[N+]=[N-]. The molecule has 0 aromatic carbocycles. The van der Waals surface area contributed by atoms with Crippen LogP contribution < -0.4 is 0 Å². The van der Waals surface area contributed by atoms with Crippen molar-refractivity contribution < 1.29 is 33.0 Å². The molecule has 0 bridgehead atoms. The van der Waals surface area contributed by atoms with E-state index >= 15 is 0 Å². The van der Waals surface area contributed by atoms with Gasteiger partial charge >= 0.3 is 15.6 Å². The summed E-state index contributed by atoms with van der Waals surface area (Å²) >= 11 is 0. The maximum absolute atomic E-state index is 9.63. The van der Waals surface area contributed by atoms with Crippen molar-refractivity contribution in [3.05, 3.63) is 16.0 Å². The Morgan fingerprint density at radius 1 is 1.00 bits per heavy atom. The number of hydrogen-bond donors (Lipinski definition) is 4.